The average Bonchev–Trinajstić information content (AvgIpc) is 3.03. The zero-order valence-corrected chi connectivity index (χ0v) is 12.3. The molecule has 0 aromatic heterocycles. The maximum Gasteiger partial charge on any atom is 0.0506 e. The van der Waals surface area contributed by atoms with Gasteiger partial charge < -0.3 is 15.0 Å². The summed E-state index contributed by atoms with van der Waals surface area (Å²) < 4.78 is 5.54. The van der Waals surface area contributed by atoms with Crippen LogP contribution in [0, 0.1) is 5.92 Å². The van der Waals surface area contributed by atoms with Crippen molar-refractivity contribution in [1.82, 2.24) is 5.32 Å². The van der Waals surface area contributed by atoms with Gasteiger partial charge in [-0.15, -0.1) is 0 Å². The van der Waals surface area contributed by atoms with E-state index in [0.29, 0.717) is 5.92 Å². The molecule has 1 aromatic rings. The normalized spacial score (nSPS) is 23.2. The first-order valence-corrected chi connectivity index (χ1v) is 8.05. The van der Waals surface area contributed by atoms with Crippen molar-refractivity contribution in [2.75, 3.05) is 37.7 Å². The highest BCUT2D eigenvalue weighted by Gasteiger charge is 2.16. The fraction of sp³-hybridized carbons (Fsp3) is 0.647. The summed E-state index contributed by atoms with van der Waals surface area (Å²) in [5.74, 6) is 0.697. The second-order valence-corrected chi connectivity index (χ2v) is 6.04. The largest absolute Gasteiger partial charge is 0.381 e. The Labute approximate surface area is 122 Å². The molecule has 1 unspecified atom stereocenters. The Hall–Kier alpha value is -1.06. The minimum absolute atomic E-state index is 0.697. The second kappa shape index (κ2) is 7.09. The summed E-state index contributed by atoms with van der Waals surface area (Å²) in [6, 6.07) is 8.84. The molecule has 0 amide bonds. The van der Waals surface area contributed by atoms with Gasteiger partial charge in [0.15, 0.2) is 0 Å². The minimum atomic E-state index is 0.697. The van der Waals surface area contributed by atoms with Crippen LogP contribution in [0.5, 0.6) is 0 Å². The third kappa shape index (κ3) is 3.53. The van der Waals surface area contributed by atoms with E-state index in [2.05, 4.69) is 34.5 Å². The van der Waals surface area contributed by atoms with E-state index in [1.165, 1.54) is 50.0 Å². The Kier molecular flexibility index (Phi) is 4.93. The fourth-order valence-corrected chi connectivity index (χ4v) is 3.31. The lowest BCUT2D eigenvalue weighted by Gasteiger charge is -2.24. The summed E-state index contributed by atoms with van der Waals surface area (Å²) in [5, 5.41) is 3.63. The maximum atomic E-state index is 5.54. The molecule has 1 atom stereocenters. The van der Waals surface area contributed by atoms with Crippen LogP contribution < -0.4 is 10.2 Å². The first kappa shape index (κ1) is 13.9. The van der Waals surface area contributed by atoms with Gasteiger partial charge >= 0.3 is 0 Å². The summed E-state index contributed by atoms with van der Waals surface area (Å²) >= 11 is 0. The van der Waals surface area contributed by atoms with E-state index in [9.17, 15) is 0 Å². The molecule has 110 valence electrons. The lowest BCUT2D eigenvalue weighted by Crippen LogP contribution is -2.29. The van der Waals surface area contributed by atoms with Crippen LogP contribution in [0.25, 0.3) is 0 Å². The van der Waals surface area contributed by atoms with Gasteiger partial charge in [0.05, 0.1) is 6.61 Å². The second-order valence-electron chi connectivity index (χ2n) is 6.04. The van der Waals surface area contributed by atoms with Crippen LogP contribution in [0.15, 0.2) is 24.3 Å². The van der Waals surface area contributed by atoms with E-state index in [0.717, 1.165) is 26.3 Å². The molecule has 0 spiro atoms. The van der Waals surface area contributed by atoms with E-state index in [1.54, 1.807) is 0 Å². The van der Waals surface area contributed by atoms with Gasteiger partial charge in [0.25, 0.3) is 0 Å². The van der Waals surface area contributed by atoms with Gasteiger partial charge in [0.1, 0.15) is 0 Å². The summed E-state index contributed by atoms with van der Waals surface area (Å²) in [6.45, 7) is 6.37. The number of nitrogens with one attached hydrogen (secondary N) is 1. The Balaban J connectivity index is 1.53. The average molecular weight is 274 g/mol. The third-order valence-electron chi connectivity index (χ3n) is 4.44. The van der Waals surface area contributed by atoms with Gasteiger partial charge in [-0.2, -0.15) is 0 Å². The van der Waals surface area contributed by atoms with E-state index < -0.39 is 0 Å². The molecule has 2 fully saturated rings. The highest BCUT2D eigenvalue weighted by molar-refractivity contribution is 5.54. The van der Waals surface area contributed by atoms with Gasteiger partial charge in [-0.1, -0.05) is 18.2 Å². The minimum Gasteiger partial charge on any atom is -0.381 e. The first-order valence-electron chi connectivity index (χ1n) is 8.05. The Morgan fingerprint density at radius 3 is 2.80 bits per heavy atom. The van der Waals surface area contributed by atoms with Crippen LogP contribution in [-0.2, 0) is 11.3 Å². The van der Waals surface area contributed by atoms with Crippen molar-refractivity contribution in [2.45, 2.75) is 32.2 Å². The van der Waals surface area contributed by atoms with E-state index in [-0.39, 0.29) is 0 Å². The van der Waals surface area contributed by atoms with Crippen molar-refractivity contribution in [3.63, 3.8) is 0 Å². The van der Waals surface area contributed by atoms with Crippen molar-refractivity contribution in [1.29, 1.82) is 0 Å². The molecule has 2 aliphatic rings. The predicted octanol–water partition coefficient (Wildman–Crippen LogP) is 2.80. The van der Waals surface area contributed by atoms with Gasteiger partial charge in [0.2, 0.25) is 0 Å². The number of hydrogen-bond donors (Lipinski definition) is 1. The van der Waals surface area contributed by atoms with Crippen LogP contribution in [0.2, 0.25) is 0 Å². The van der Waals surface area contributed by atoms with Crippen molar-refractivity contribution in [3.05, 3.63) is 29.8 Å². The monoisotopic (exact) mass is 274 g/mol. The van der Waals surface area contributed by atoms with E-state index in [1.807, 2.05) is 0 Å². The number of rotatable bonds is 5. The summed E-state index contributed by atoms with van der Waals surface area (Å²) in [7, 11) is 0. The zero-order valence-electron chi connectivity index (χ0n) is 12.3. The molecule has 1 aromatic carbocycles. The van der Waals surface area contributed by atoms with Crippen molar-refractivity contribution in [2.24, 2.45) is 5.92 Å². The number of ether oxygens (including phenoxy) is 1. The molecule has 1 N–H and O–H groups in total. The standard InChI is InChI=1S/C17H26N2O/c1-2-8-17(19-9-3-4-10-19)16(7-1)13-18-12-15-6-5-11-20-14-15/h1-2,7-8,15,18H,3-6,9-14H2. The first-order chi connectivity index (χ1) is 9.93. The Bertz CT molecular complexity index is 409. The van der Waals surface area contributed by atoms with Crippen LogP contribution in [-0.4, -0.2) is 32.8 Å². The van der Waals surface area contributed by atoms with Crippen LogP contribution in [0.1, 0.15) is 31.2 Å². The molecule has 2 heterocycles. The van der Waals surface area contributed by atoms with Gasteiger partial charge in [-0.3, -0.25) is 0 Å². The molecule has 3 rings (SSSR count). The third-order valence-corrected chi connectivity index (χ3v) is 4.44. The Morgan fingerprint density at radius 1 is 1.15 bits per heavy atom. The molecule has 2 saturated heterocycles. The highest BCUT2D eigenvalue weighted by atomic mass is 16.5. The lowest BCUT2D eigenvalue weighted by molar-refractivity contribution is 0.0547. The number of hydrogen-bond acceptors (Lipinski definition) is 3. The van der Waals surface area contributed by atoms with Crippen LogP contribution in [0.3, 0.4) is 0 Å². The lowest BCUT2D eigenvalue weighted by atomic mass is 10.0. The molecule has 2 aliphatic heterocycles. The number of anilines is 1. The molecule has 0 radical (unpaired) electrons. The predicted molar refractivity (Wildman–Crippen MR) is 83.1 cm³/mol. The summed E-state index contributed by atoms with van der Waals surface area (Å²) in [4.78, 5) is 2.53. The molecule has 0 aliphatic carbocycles. The van der Waals surface area contributed by atoms with Gasteiger partial charge in [-0.05, 0) is 43.2 Å². The molecule has 3 nitrogen and oxygen atoms in total. The summed E-state index contributed by atoms with van der Waals surface area (Å²) in [5.41, 5.74) is 2.86. The van der Waals surface area contributed by atoms with Crippen LogP contribution in [0.4, 0.5) is 5.69 Å². The van der Waals surface area contributed by atoms with Gasteiger partial charge in [-0.25, -0.2) is 0 Å². The molecule has 0 saturated carbocycles. The van der Waals surface area contributed by atoms with E-state index in [4.69, 9.17) is 4.74 Å². The molecule has 0 bridgehead atoms. The SMILES string of the molecule is c1ccc(N2CCCC2)c(CNCC2CCCOC2)c1. The number of benzene rings is 1. The van der Waals surface area contributed by atoms with E-state index >= 15 is 0 Å². The number of nitrogens with zero attached hydrogens (tertiary/aromatic N) is 1. The smallest absolute Gasteiger partial charge is 0.0506 e. The van der Waals surface area contributed by atoms with Crippen LogP contribution >= 0.6 is 0 Å². The summed E-state index contributed by atoms with van der Waals surface area (Å²) in [6.07, 6.45) is 5.19. The Morgan fingerprint density at radius 2 is 2.00 bits per heavy atom. The van der Waals surface area contributed by atoms with Crippen molar-refractivity contribution in [3.8, 4) is 0 Å². The maximum absolute atomic E-state index is 5.54. The quantitative estimate of drug-likeness (QED) is 0.893. The topological polar surface area (TPSA) is 24.5 Å². The number of para-hydroxylation sites is 1. The molecule has 3 heteroatoms. The fourth-order valence-electron chi connectivity index (χ4n) is 3.31. The zero-order chi connectivity index (χ0) is 13.6. The molecule has 20 heavy (non-hydrogen) atoms. The van der Waals surface area contributed by atoms with Crippen molar-refractivity contribution < 1.29 is 4.74 Å². The molecular weight excluding hydrogens is 248 g/mol. The highest BCUT2D eigenvalue weighted by Crippen LogP contribution is 2.24. The van der Waals surface area contributed by atoms with Crippen molar-refractivity contribution >= 4 is 5.69 Å². The molecular formula is C17H26N2O. The van der Waals surface area contributed by atoms with Gasteiger partial charge in [0, 0.05) is 38.5 Å².